The molecule has 0 bridgehead atoms. The van der Waals surface area contributed by atoms with E-state index in [1.807, 2.05) is 11.9 Å². The summed E-state index contributed by atoms with van der Waals surface area (Å²) in [6, 6.07) is 0.161. The molecule has 1 amide bonds. The van der Waals surface area contributed by atoms with Crippen molar-refractivity contribution in [3.63, 3.8) is 0 Å². The number of carbonyl (C=O) groups excluding carboxylic acids is 1. The van der Waals surface area contributed by atoms with Gasteiger partial charge < -0.3 is 15.0 Å². The van der Waals surface area contributed by atoms with E-state index >= 15 is 0 Å². The molecule has 1 rings (SSSR count). The predicted octanol–water partition coefficient (Wildman–Crippen LogP) is 0.622. The molecular formula is C11H22N2O2. The average Bonchev–Trinajstić information content (AvgIpc) is 2.28. The first-order chi connectivity index (χ1) is 7.16. The van der Waals surface area contributed by atoms with Crippen LogP contribution in [0.5, 0.6) is 0 Å². The Morgan fingerprint density at radius 1 is 1.67 bits per heavy atom. The minimum atomic E-state index is -0.150. The Kier molecular flexibility index (Phi) is 5.05. The average molecular weight is 214 g/mol. The smallest absolute Gasteiger partial charge is 0.242 e. The zero-order chi connectivity index (χ0) is 11.3. The fraction of sp³-hybridized carbons (Fsp3) is 0.909. The maximum Gasteiger partial charge on any atom is 0.242 e. The molecule has 0 aromatic rings. The Morgan fingerprint density at radius 2 is 2.40 bits per heavy atom. The SMILES string of the molecule is CCCC(C)N(C)C(=O)C1COCCN1. The van der Waals surface area contributed by atoms with Crippen LogP contribution in [0.2, 0.25) is 0 Å². The fourth-order valence-corrected chi connectivity index (χ4v) is 1.80. The number of carbonyl (C=O) groups is 1. The number of amides is 1. The highest BCUT2D eigenvalue weighted by Gasteiger charge is 2.26. The van der Waals surface area contributed by atoms with E-state index in [1.165, 1.54) is 0 Å². The lowest BCUT2D eigenvalue weighted by atomic mass is 10.1. The van der Waals surface area contributed by atoms with E-state index < -0.39 is 0 Å². The largest absolute Gasteiger partial charge is 0.378 e. The number of morpholine rings is 1. The summed E-state index contributed by atoms with van der Waals surface area (Å²) in [7, 11) is 1.87. The Morgan fingerprint density at radius 3 is 2.93 bits per heavy atom. The Labute approximate surface area is 92.0 Å². The van der Waals surface area contributed by atoms with Gasteiger partial charge in [0.1, 0.15) is 6.04 Å². The van der Waals surface area contributed by atoms with Crippen molar-refractivity contribution in [3.8, 4) is 0 Å². The minimum Gasteiger partial charge on any atom is -0.378 e. The van der Waals surface area contributed by atoms with Crippen molar-refractivity contribution < 1.29 is 9.53 Å². The molecule has 1 fully saturated rings. The van der Waals surface area contributed by atoms with Crippen LogP contribution in [0.15, 0.2) is 0 Å². The molecule has 0 aromatic heterocycles. The molecule has 1 N–H and O–H groups in total. The van der Waals surface area contributed by atoms with Crippen LogP contribution in [-0.2, 0) is 9.53 Å². The summed E-state index contributed by atoms with van der Waals surface area (Å²) in [6.07, 6.45) is 2.16. The summed E-state index contributed by atoms with van der Waals surface area (Å²) in [5.41, 5.74) is 0. The number of ether oxygens (including phenoxy) is 1. The van der Waals surface area contributed by atoms with Crippen molar-refractivity contribution in [1.82, 2.24) is 10.2 Å². The van der Waals surface area contributed by atoms with Crippen LogP contribution < -0.4 is 5.32 Å². The lowest BCUT2D eigenvalue weighted by Crippen LogP contribution is -2.53. The Hall–Kier alpha value is -0.610. The molecule has 1 aliphatic rings. The molecule has 1 heterocycles. The highest BCUT2D eigenvalue weighted by Crippen LogP contribution is 2.07. The van der Waals surface area contributed by atoms with E-state index in [-0.39, 0.29) is 11.9 Å². The first kappa shape index (κ1) is 12.5. The van der Waals surface area contributed by atoms with Crippen molar-refractivity contribution in [1.29, 1.82) is 0 Å². The molecule has 2 atom stereocenters. The van der Waals surface area contributed by atoms with Gasteiger partial charge in [0.2, 0.25) is 5.91 Å². The summed E-state index contributed by atoms with van der Waals surface area (Å²) < 4.78 is 5.28. The summed E-state index contributed by atoms with van der Waals surface area (Å²) in [5.74, 6) is 0.149. The van der Waals surface area contributed by atoms with Crippen LogP contribution in [0.3, 0.4) is 0 Å². The van der Waals surface area contributed by atoms with Gasteiger partial charge in [-0.25, -0.2) is 0 Å². The quantitative estimate of drug-likeness (QED) is 0.746. The highest BCUT2D eigenvalue weighted by molar-refractivity contribution is 5.82. The molecule has 0 aromatic carbocycles. The topological polar surface area (TPSA) is 41.6 Å². The molecule has 15 heavy (non-hydrogen) atoms. The second-order valence-electron chi connectivity index (χ2n) is 4.17. The van der Waals surface area contributed by atoms with Gasteiger partial charge in [-0.05, 0) is 13.3 Å². The number of rotatable bonds is 4. The van der Waals surface area contributed by atoms with Crippen LogP contribution in [-0.4, -0.2) is 49.7 Å². The van der Waals surface area contributed by atoms with E-state index in [0.29, 0.717) is 19.3 Å². The van der Waals surface area contributed by atoms with Crippen molar-refractivity contribution in [2.75, 3.05) is 26.8 Å². The normalized spacial score (nSPS) is 23.5. The minimum absolute atomic E-state index is 0.149. The van der Waals surface area contributed by atoms with E-state index in [2.05, 4.69) is 19.2 Å². The van der Waals surface area contributed by atoms with Gasteiger partial charge in [-0.3, -0.25) is 4.79 Å². The zero-order valence-electron chi connectivity index (χ0n) is 9.95. The molecule has 88 valence electrons. The van der Waals surface area contributed by atoms with E-state index in [1.54, 1.807) is 0 Å². The van der Waals surface area contributed by atoms with Gasteiger partial charge in [0.05, 0.1) is 13.2 Å². The summed E-state index contributed by atoms with van der Waals surface area (Å²) in [6.45, 7) is 6.20. The van der Waals surface area contributed by atoms with Gasteiger partial charge in [0.15, 0.2) is 0 Å². The van der Waals surface area contributed by atoms with Crippen molar-refractivity contribution >= 4 is 5.91 Å². The van der Waals surface area contributed by atoms with Gasteiger partial charge in [-0.15, -0.1) is 0 Å². The predicted molar refractivity (Wildman–Crippen MR) is 59.7 cm³/mol. The molecule has 2 unspecified atom stereocenters. The zero-order valence-corrected chi connectivity index (χ0v) is 9.95. The third-order valence-corrected chi connectivity index (χ3v) is 2.93. The monoisotopic (exact) mass is 214 g/mol. The molecule has 0 saturated carbocycles. The first-order valence-corrected chi connectivity index (χ1v) is 5.74. The van der Waals surface area contributed by atoms with Gasteiger partial charge >= 0.3 is 0 Å². The van der Waals surface area contributed by atoms with E-state index in [4.69, 9.17) is 4.74 Å². The number of hydrogen-bond donors (Lipinski definition) is 1. The number of hydrogen-bond acceptors (Lipinski definition) is 3. The van der Waals surface area contributed by atoms with Gasteiger partial charge in [0, 0.05) is 19.6 Å². The maximum atomic E-state index is 12.0. The molecule has 0 aliphatic carbocycles. The lowest BCUT2D eigenvalue weighted by molar-refractivity contribution is -0.136. The second-order valence-corrected chi connectivity index (χ2v) is 4.17. The number of nitrogens with zero attached hydrogens (tertiary/aromatic N) is 1. The molecule has 4 nitrogen and oxygen atoms in total. The maximum absolute atomic E-state index is 12.0. The standard InChI is InChI=1S/C11H22N2O2/c1-4-5-9(2)13(3)11(14)10-8-15-7-6-12-10/h9-10,12H,4-8H2,1-3H3. The van der Waals surface area contributed by atoms with Crippen molar-refractivity contribution in [2.24, 2.45) is 0 Å². The van der Waals surface area contributed by atoms with E-state index in [9.17, 15) is 4.79 Å². The molecule has 1 aliphatic heterocycles. The molecule has 0 spiro atoms. The van der Waals surface area contributed by atoms with Crippen LogP contribution in [0.1, 0.15) is 26.7 Å². The Bertz CT molecular complexity index is 203. The van der Waals surface area contributed by atoms with Crippen LogP contribution in [0.25, 0.3) is 0 Å². The number of nitrogens with one attached hydrogen (secondary N) is 1. The summed E-state index contributed by atoms with van der Waals surface area (Å²) in [5, 5.41) is 3.18. The van der Waals surface area contributed by atoms with E-state index in [0.717, 1.165) is 19.4 Å². The second kappa shape index (κ2) is 6.08. The van der Waals surface area contributed by atoms with Gasteiger partial charge in [-0.2, -0.15) is 0 Å². The molecule has 0 radical (unpaired) electrons. The molecule has 1 saturated heterocycles. The first-order valence-electron chi connectivity index (χ1n) is 5.74. The van der Waals surface area contributed by atoms with Gasteiger partial charge in [0.25, 0.3) is 0 Å². The third kappa shape index (κ3) is 3.47. The van der Waals surface area contributed by atoms with Crippen LogP contribution in [0.4, 0.5) is 0 Å². The van der Waals surface area contributed by atoms with Crippen LogP contribution >= 0.6 is 0 Å². The highest BCUT2D eigenvalue weighted by atomic mass is 16.5. The van der Waals surface area contributed by atoms with Crippen molar-refractivity contribution in [3.05, 3.63) is 0 Å². The fourth-order valence-electron chi connectivity index (χ4n) is 1.80. The number of likely N-dealkylation sites (N-methyl/N-ethyl adjacent to an activating group) is 1. The summed E-state index contributed by atoms with van der Waals surface area (Å²) >= 11 is 0. The lowest BCUT2D eigenvalue weighted by Gasteiger charge is -2.31. The Balaban J connectivity index is 2.43. The summed E-state index contributed by atoms with van der Waals surface area (Å²) in [4.78, 5) is 13.8. The molecule has 4 heteroatoms. The van der Waals surface area contributed by atoms with Gasteiger partial charge in [-0.1, -0.05) is 13.3 Å². The molecular weight excluding hydrogens is 192 g/mol. The third-order valence-electron chi connectivity index (χ3n) is 2.93. The van der Waals surface area contributed by atoms with Crippen molar-refractivity contribution in [2.45, 2.75) is 38.8 Å². The van der Waals surface area contributed by atoms with Crippen LogP contribution in [0, 0.1) is 0 Å².